The van der Waals surface area contributed by atoms with Crippen LogP contribution in [0.25, 0.3) is 5.65 Å². The van der Waals surface area contributed by atoms with E-state index in [1.54, 1.807) is 29.9 Å². The lowest BCUT2D eigenvalue weighted by molar-refractivity contribution is 0.917. The van der Waals surface area contributed by atoms with Crippen LogP contribution in [0.2, 0.25) is 0 Å². The summed E-state index contributed by atoms with van der Waals surface area (Å²) in [6.45, 7) is 1.80. The molecule has 0 fully saturated rings. The Kier molecular flexibility index (Phi) is 1.31. The molecule has 0 aromatic carbocycles. The molecule has 2 heterocycles. The van der Waals surface area contributed by atoms with Crippen molar-refractivity contribution in [2.75, 3.05) is 0 Å². The van der Waals surface area contributed by atoms with E-state index in [9.17, 15) is 0 Å². The molecule has 0 radical (unpaired) electrons. The Morgan fingerprint density at radius 2 is 2.42 bits per heavy atom. The van der Waals surface area contributed by atoms with E-state index in [4.69, 9.17) is 5.26 Å². The summed E-state index contributed by atoms with van der Waals surface area (Å²) in [7, 11) is 0. The highest BCUT2D eigenvalue weighted by Gasteiger charge is 2.07. The van der Waals surface area contributed by atoms with Gasteiger partial charge in [0.25, 0.3) is 0 Å². The summed E-state index contributed by atoms with van der Waals surface area (Å²) in [6, 6.07) is 3.85. The van der Waals surface area contributed by atoms with Crippen LogP contribution in [-0.4, -0.2) is 14.6 Å². The first kappa shape index (κ1) is 6.80. The van der Waals surface area contributed by atoms with E-state index in [2.05, 4.69) is 16.2 Å². The zero-order valence-electron chi connectivity index (χ0n) is 6.52. The molecule has 58 valence electrons. The largest absolute Gasteiger partial charge is 0.236 e. The van der Waals surface area contributed by atoms with E-state index in [0.29, 0.717) is 11.2 Å². The Morgan fingerprint density at radius 3 is 3.17 bits per heavy atom. The molecule has 0 saturated heterocycles. The predicted molar refractivity (Wildman–Crippen MR) is 42.4 cm³/mol. The second-order valence-corrected chi connectivity index (χ2v) is 2.46. The molecule has 12 heavy (non-hydrogen) atoms. The molecule has 0 unspecified atom stereocenters. The van der Waals surface area contributed by atoms with Crippen molar-refractivity contribution in [2.24, 2.45) is 0 Å². The SMILES string of the molecule is Cc1nn2cccnc2c1C#N. The number of rotatable bonds is 0. The summed E-state index contributed by atoms with van der Waals surface area (Å²) in [5.41, 5.74) is 1.89. The minimum Gasteiger partial charge on any atom is -0.236 e. The Morgan fingerprint density at radius 1 is 1.58 bits per heavy atom. The third-order valence-electron chi connectivity index (χ3n) is 1.68. The van der Waals surface area contributed by atoms with E-state index in [-0.39, 0.29) is 0 Å². The molecule has 0 N–H and O–H groups in total. The highest BCUT2D eigenvalue weighted by atomic mass is 15.2. The van der Waals surface area contributed by atoms with Crippen LogP contribution in [0.3, 0.4) is 0 Å². The minimum absolute atomic E-state index is 0.551. The topological polar surface area (TPSA) is 54.0 Å². The molecular formula is C8H6N4. The van der Waals surface area contributed by atoms with Crippen LogP contribution in [-0.2, 0) is 0 Å². The molecule has 0 atom stereocenters. The highest BCUT2D eigenvalue weighted by molar-refractivity contribution is 5.56. The Balaban J connectivity index is 2.93. The number of aromatic nitrogens is 3. The van der Waals surface area contributed by atoms with Gasteiger partial charge >= 0.3 is 0 Å². The lowest BCUT2D eigenvalue weighted by Gasteiger charge is -1.87. The molecule has 0 spiro atoms. The highest BCUT2D eigenvalue weighted by Crippen LogP contribution is 2.09. The smallest absolute Gasteiger partial charge is 0.173 e. The number of nitriles is 1. The van der Waals surface area contributed by atoms with Gasteiger partial charge in [-0.05, 0) is 13.0 Å². The molecule has 4 heteroatoms. The van der Waals surface area contributed by atoms with Crippen LogP contribution in [0, 0.1) is 18.3 Å². The van der Waals surface area contributed by atoms with Crippen molar-refractivity contribution >= 4 is 5.65 Å². The quantitative estimate of drug-likeness (QED) is 0.572. The molecule has 2 aromatic heterocycles. The fraction of sp³-hybridized carbons (Fsp3) is 0.125. The summed E-state index contributed by atoms with van der Waals surface area (Å²) in [5.74, 6) is 0. The maximum Gasteiger partial charge on any atom is 0.173 e. The summed E-state index contributed by atoms with van der Waals surface area (Å²) in [4.78, 5) is 4.05. The van der Waals surface area contributed by atoms with E-state index in [0.717, 1.165) is 5.69 Å². The van der Waals surface area contributed by atoms with Crippen molar-refractivity contribution < 1.29 is 0 Å². The number of hydrogen-bond donors (Lipinski definition) is 0. The summed E-state index contributed by atoms with van der Waals surface area (Å²) in [6.07, 6.45) is 3.42. The second-order valence-electron chi connectivity index (χ2n) is 2.46. The lowest BCUT2D eigenvalue weighted by atomic mass is 10.3. The van der Waals surface area contributed by atoms with E-state index < -0.39 is 0 Å². The van der Waals surface area contributed by atoms with Crippen LogP contribution in [0.5, 0.6) is 0 Å². The molecule has 0 aliphatic heterocycles. The minimum atomic E-state index is 0.551. The molecule has 0 aliphatic rings. The zero-order chi connectivity index (χ0) is 8.55. The van der Waals surface area contributed by atoms with Gasteiger partial charge in [0.15, 0.2) is 5.65 Å². The van der Waals surface area contributed by atoms with Crippen molar-refractivity contribution in [3.8, 4) is 6.07 Å². The number of fused-ring (bicyclic) bond motifs is 1. The normalized spacial score (nSPS) is 10.0. The van der Waals surface area contributed by atoms with Gasteiger partial charge in [-0.3, -0.25) is 0 Å². The number of nitrogens with zero attached hydrogens (tertiary/aromatic N) is 4. The van der Waals surface area contributed by atoms with Crippen LogP contribution in [0.1, 0.15) is 11.3 Å². The first-order valence-electron chi connectivity index (χ1n) is 3.53. The number of aryl methyl sites for hydroxylation is 1. The fourth-order valence-corrected chi connectivity index (χ4v) is 1.13. The molecule has 0 saturated carbocycles. The molecule has 4 nitrogen and oxygen atoms in total. The van der Waals surface area contributed by atoms with Crippen molar-refractivity contribution in [3.63, 3.8) is 0 Å². The molecule has 2 aromatic rings. The van der Waals surface area contributed by atoms with Gasteiger partial charge in [0.05, 0.1) is 5.69 Å². The van der Waals surface area contributed by atoms with Crippen LogP contribution in [0.15, 0.2) is 18.5 Å². The van der Waals surface area contributed by atoms with Crippen molar-refractivity contribution in [3.05, 3.63) is 29.7 Å². The Bertz CT molecular complexity index is 463. The summed E-state index contributed by atoms with van der Waals surface area (Å²) < 4.78 is 1.61. The lowest BCUT2D eigenvalue weighted by Crippen LogP contribution is -1.87. The maximum atomic E-state index is 8.76. The Hall–Kier alpha value is -1.89. The van der Waals surface area contributed by atoms with Gasteiger partial charge < -0.3 is 0 Å². The fourth-order valence-electron chi connectivity index (χ4n) is 1.13. The molecule has 2 rings (SSSR count). The van der Waals surface area contributed by atoms with Gasteiger partial charge in [0.2, 0.25) is 0 Å². The first-order valence-corrected chi connectivity index (χ1v) is 3.53. The number of hydrogen-bond acceptors (Lipinski definition) is 3. The van der Waals surface area contributed by atoms with Crippen LogP contribution in [0.4, 0.5) is 0 Å². The zero-order valence-corrected chi connectivity index (χ0v) is 6.52. The van der Waals surface area contributed by atoms with Gasteiger partial charge in [-0.2, -0.15) is 10.4 Å². The summed E-state index contributed by atoms with van der Waals surface area (Å²) >= 11 is 0. The van der Waals surface area contributed by atoms with Gasteiger partial charge in [0.1, 0.15) is 11.6 Å². The predicted octanol–water partition coefficient (Wildman–Crippen LogP) is 0.909. The molecular weight excluding hydrogens is 152 g/mol. The van der Waals surface area contributed by atoms with Crippen LogP contribution < -0.4 is 0 Å². The van der Waals surface area contributed by atoms with Crippen molar-refractivity contribution in [1.82, 2.24) is 14.6 Å². The van der Waals surface area contributed by atoms with E-state index in [1.807, 2.05) is 0 Å². The van der Waals surface area contributed by atoms with Gasteiger partial charge in [-0.1, -0.05) is 0 Å². The summed E-state index contributed by atoms with van der Waals surface area (Å²) in [5, 5.41) is 12.9. The van der Waals surface area contributed by atoms with Crippen LogP contribution >= 0.6 is 0 Å². The maximum absolute atomic E-state index is 8.76. The monoisotopic (exact) mass is 158 g/mol. The third-order valence-corrected chi connectivity index (χ3v) is 1.68. The van der Waals surface area contributed by atoms with Gasteiger partial charge in [-0.25, -0.2) is 9.50 Å². The molecule has 0 bridgehead atoms. The average Bonchev–Trinajstić information content (AvgIpc) is 2.40. The molecule has 0 aliphatic carbocycles. The van der Waals surface area contributed by atoms with Crippen molar-refractivity contribution in [2.45, 2.75) is 6.92 Å². The van der Waals surface area contributed by atoms with E-state index >= 15 is 0 Å². The van der Waals surface area contributed by atoms with E-state index in [1.165, 1.54) is 0 Å². The van der Waals surface area contributed by atoms with Gasteiger partial charge in [-0.15, -0.1) is 0 Å². The molecule has 0 amide bonds. The second kappa shape index (κ2) is 2.31. The average molecular weight is 158 g/mol. The van der Waals surface area contributed by atoms with Gasteiger partial charge in [0, 0.05) is 12.4 Å². The first-order chi connectivity index (χ1) is 5.83. The van der Waals surface area contributed by atoms with Crippen molar-refractivity contribution in [1.29, 1.82) is 5.26 Å². The third kappa shape index (κ3) is 0.768. The standard InChI is InChI=1S/C8H6N4/c1-6-7(5-9)8-10-3-2-4-12(8)11-6/h2-4H,1H3. The Labute approximate surface area is 69.1 Å².